The first kappa shape index (κ1) is 12.8. The summed E-state index contributed by atoms with van der Waals surface area (Å²) >= 11 is 0. The van der Waals surface area contributed by atoms with Crippen LogP contribution in [-0.2, 0) is 4.74 Å². The van der Waals surface area contributed by atoms with Crippen molar-refractivity contribution in [2.45, 2.75) is 6.92 Å². The van der Waals surface area contributed by atoms with Gasteiger partial charge in [-0.3, -0.25) is 0 Å². The molecule has 0 saturated carbocycles. The molecule has 98 valence electrons. The van der Waals surface area contributed by atoms with Gasteiger partial charge in [-0.2, -0.15) is 0 Å². The summed E-state index contributed by atoms with van der Waals surface area (Å²) in [6, 6.07) is 7.11. The summed E-state index contributed by atoms with van der Waals surface area (Å²) in [5.41, 5.74) is 12.9. The van der Waals surface area contributed by atoms with Crippen molar-refractivity contribution in [2.75, 3.05) is 18.1 Å². The molecule has 6 nitrogen and oxygen atoms in total. The van der Waals surface area contributed by atoms with E-state index in [0.29, 0.717) is 11.5 Å². The molecule has 0 aliphatic carbocycles. The predicted molar refractivity (Wildman–Crippen MR) is 72.2 cm³/mol. The summed E-state index contributed by atoms with van der Waals surface area (Å²) < 4.78 is 4.85. The molecule has 0 saturated heterocycles. The molecule has 1 heterocycles. The molecule has 0 atom stereocenters. The van der Waals surface area contributed by atoms with E-state index in [1.807, 2.05) is 6.07 Å². The van der Waals surface area contributed by atoms with E-state index >= 15 is 0 Å². The second-order valence-electron chi connectivity index (χ2n) is 3.84. The van der Waals surface area contributed by atoms with Gasteiger partial charge in [-0.1, -0.05) is 12.1 Å². The number of carbonyl (C=O) groups excluding carboxylic acids is 1. The Morgan fingerprint density at radius 3 is 2.79 bits per heavy atom. The number of hydrogen-bond acceptors (Lipinski definition) is 6. The molecule has 0 fully saturated rings. The van der Waals surface area contributed by atoms with Crippen LogP contribution in [-0.4, -0.2) is 22.5 Å². The number of nitrogens with two attached hydrogens (primary N) is 2. The van der Waals surface area contributed by atoms with Gasteiger partial charge in [0.15, 0.2) is 5.82 Å². The second kappa shape index (κ2) is 5.34. The van der Waals surface area contributed by atoms with Gasteiger partial charge in [0.25, 0.3) is 0 Å². The highest BCUT2D eigenvalue weighted by Gasteiger charge is 2.14. The number of benzene rings is 1. The first-order chi connectivity index (χ1) is 9.11. The van der Waals surface area contributed by atoms with E-state index in [2.05, 4.69) is 9.97 Å². The van der Waals surface area contributed by atoms with E-state index in [1.165, 1.54) is 6.20 Å². The molecule has 1 aromatic heterocycles. The third kappa shape index (κ3) is 2.79. The average molecular weight is 258 g/mol. The lowest BCUT2D eigenvalue weighted by atomic mass is 10.2. The van der Waals surface area contributed by atoms with Crippen LogP contribution in [0.3, 0.4) is 0 Å². The number of carbonyl (C=O) groups is 1. The first-order valence-electron chi connectivity index (χ1n) is 5.77. The highest BCUT2D eigenvalue weighted by Crippen LogP contribution is 2.20. The van der Waals surface area contributed by atoms with Crippen molar-refractivity contribution >= 4 is 17.5 Å². The molecule has 0 spiro atoms. The van der Waals surface area contributed by atoms with Crippen LogP contribution in [0.15, 0.2) is 30.5 Å². The van der Waals surface area contributed by atoms with Crippen molar-refractivity contribution in [3.8, 4) is 11.4 Å². The van der Waals surface area contributed by atoms with Gasteiger partial charge < -0.3 is 16.2 Å². The lowest BCUT2D eigenvalue weighted by Crippen LogP contribution is -2.10. The molecule has 0 radical (unpaired) electrons. The van der Waals surface area contributed by atoms with Crippen molar-refractivity contribution in [3.05, 3.63) is 36.0 Å². The molecule has 0 aliphatic heterocycles. The zero-order chi connectivity index (χ0) is 13.8. The molecular formula is C13H14N4O2. The summed E-state index contributed by atoms with van der Waals surface area (Å²) in [6.07, 6.45) is 1.36. The third-order valence-corrected chi connectivity index (χ3v) is 2.46. The smallest absolute Gasteiger partial charge is 0.343 e. The van der Waals surface area contributed by atoms with Crippen LogP contribution in [0.4, 0.5) is 11.5 Å². The fourth-order valence-electron chi connectivity index (χ4n) is 1.58. The molecule has 0 aliphatic rings. The maximum Gasteiger partial charge on any atom is 0.343 e. The molecule has 0 amide bonds. The molecule has 0 bridgehead atoms. The fourth-order valence-corrected chi connectivity index (χ4v) is 1.58. The highest BCUT2D eigenvalue weighted by molar-refractivity contribution is 5.94. The largest absolute Gasteiger partial charge is 0.462 e. The average Bonchev–Trinajstić information content (AvgIpc) is 2.38. The summed E-state index contributed by atoms with van der Waals surface area (Å²) in [4.78, 5) is 19.8. The van der Waals surface area contributed by atoms with Gasteiger partial charge >= 0.3 is 5.97 Å². The normalized spacial score (nSPS) is 10.2. The topological polar surface area (TPSA) is 104 Å². The maximum absolute atomic E-state index is 11.6. The molecule has 4 N–H and O–H groups in total. The Balaban J connectivity index is 2.36. The summed E-state index contributed by atoms with van der Waals surface area (Å²) in [5.74, 6) is -0.0251. The number of nitrogen functional groups attached to an aromatic ring is 2. The number of anilines is 2. The first-order valence-corrected chi connectivity index (χ1v) is 5.77. The van der Waals surface area contributed by atoms with Gasteiger partial charge in [-0.15, -0.1) is 0 Å². The minimum absolute atomic E-state index is 0.0888. The number of nitrogens with zero attached hydrogens (tertiary/aromatic N) is 2. The van der Waals surface area contributed by atoms with E-state index in [-0.39, 0.29) is 18.0 Å². The van der Waals surface area contributed by atoms with Crippen molar-refractivity contribution < 1.29 is 9.53 Å². The van der Waals surface area contributed by atoms with Crippen molar-refractivity contribution in [3.63, 3.8) is 0 Å². The Morgan fingerprint density at radius 2 is 2.16 bits per heavy atom. The third-order valence-electron chi connectivity index (χ3n) is 2.46. The Kier molecular flexibility index (Phi) is 3.61. The highest BCUT2D eigenvalue weighted by atomic mass is 16.5. The Bertz CT molecular complexity index is 613. The fraction of sp³-hybridized carbons (Fsp3) is 0.154. The zero-order valence-electron chi connectivity index (χ0n) is 10.5. The lowest BCUT2D eigenvalue weighted by molar-refractivity contribution is 0.0527. The van der Waals surface area contributed by atoms with Gasteiger partial charge in [0, 0.05) is 17.4 Å². The summed E-state index contributed by atoms with van der Waals surface area (Å²) in [6.45, 7) is 1.99. The van der Waals surface area contributed by atoms with E-state index in [4.69, 9.17) is 16.2 Å². The monoisotopic (exact) mass is 258 g/mol. The number of aromatic nitrogens is 2. The number of rotatable bonds is 3. The molecule has 19 heavy (non-hydrogen) atoms. The van der Waals surface area contributed by atoms with Crippen LogP contribution in [0.25, 0.3) is 11.4 Å². The van der Waals surface area contributed by atoms with E-state index in [1.54, 1.807) is 25.1 Å². The minimum Gasteiger partial charge on any atom is -0.462 e. The standard InChI is InChI=1S/C13H14N4O2/c1-2-19-13(18)10-7-16-12(17-11(10)15)8-4-3-5-9(14)6-8/h3-7H,2,14H2,1H3,(H2,15,16,17). The number of hydrogen-bond donors (Lipinski definition) is 2. The van der Waals surface area contributed by atoms with Gasteiger partial charge in [0.05, 0.1) is 6.61 Å². The van der Waals surface area contributed by atoms with Crippen molar-refractivity contribution in [2.24, 2.45) is 0 Å². The molecule has 2 rings (SSSR count). The molecular weight excluding hydrogens is 244 g/mol. The van der Waals surface area contributed by atoms with Crippen LogP contribution in [0.2, 0.25) is 0 Å². The van der Waals surface area contributed by atoms with Crippen LogP contribution >= 0.6 is 0 Å². The van der Waals surface area contributed by atoms with Crippen LogP contribution < -0.4 is 11.5 Å². The van der Waals surface area contributed by atoms with E-state index in [9.17, 15) is 4.79 Å². The summed E-state index contributed by atoms with van der Waals surface area (Å²) in [7, 11) is 0. The van der Waals surface area contributed by atoms with Crippen LogP contribution in [0.5, 0.6) is 0 Å². The van der Waals surface area contributed by atoms with E-state index in [0.717, 1.165) is 5.56 Å². The van der Waals surface area contributed by atoms with Gasteiger partial charge in [-0.25, -0.2) is 14.8 Å². The zero-order valence-corrected chi connectivity index (χ0v) is 10.5. The molecule has 0 unspecified atom stereocenters. The predicted octanol–water partition coefficient (Wildman–Crippen LogP) is 1.48. The van der Waals surface area contributed by atoms with Crippen LogP contribution in [0.1, 0.15) is 17.3 Å². The van der Waals surface area contributed by atoms with Gasteiger partial charge in [0.2, 0.25) is 0 Å². The van der Waals surface area contributed by atoms with Crippen molar-refractivity contribution in [1.82, 2.24) is 9.97 Å². The molecule has 1 aromatic carbocycles. The van der Waals surface area contributed by atoms with Crippen molar-refractivity contribution in [1.29, 1.82) is 0 Å². The number of ether oxygens (including phenoxy) is 1. The molecule has 6 heteroatoms. The quantitative estimate of drug-likeness (QED) is 0.638. The lowest BCUT2D eigenvalue weighted by Gasteiger charge is -2.06. The summed E-state index contributed by atoms with van der Waals surface area (Å²) in [5, 5.41) is 0. The minimum atomic E-state index is -0.529. The van der Waals surface area contributed by atoms with Gasteiger partial charge in [0.1, 0.15) is 11.4 Å². The Labute approximate surface area is 110 Å². The van der Waals surface area contributed by atoms with Crippen LogP contribution in [0, 0.1) is 0 Å². The SMILES string of the molecule is CCOC(=O)c1cnc(-c2cccc(N)c2)nc1N. The Hall–Kier alpha value is -2.63. The molecule has 2 aromatic rings. The van der Waals surface area contributed by atoms with E-state index < -0.39 is 5.97 Å². The maximum atomic E-state index is 11.6. The number of esters is 1. The Morgan fingerprint density at radius 1 is 1.37 bits per heavy atom. The second-order valence-corrected chi connectivity index (χ2v) is 3.84. The van der Waals surface area contributed by atoms with Gasteiger partial charge in [-0.05, 0) is 19.1 Å².